The highest BCUT2D eigenvalue weighted by Gasteiger charge is 2.31. The van der Waals surface area contributed by atoms with E-state index >= 15 is 0 Å². The Morgan fingerprint density at radius 2 is 1.92 bits per heavy atom. The van der Waals surface area contributed by atoms with Gasteiger partial charge >= 0.3 is 6.18 Å². The first kappa shape index (κ1) is 17.5. The largest absolute Gasteiger partial charge is 0.507 e. The Morgan fingerprint density at radius 1 is 1.21 bits per heavy atom. The zero-order valence-corrected chi connectivity index (χ0v) is 12.4. The molecule has 0 unspecified atom stereocenters. The maximum absolute atomic E-state index is 13.6. The van der Waals surface area contributed by atoms with E-state index in [1.807, 2.05) is 5.43 Å². The number of halogens is 4. The van der Waals surface area contributed by atoms with Gasteiger partial charge in [0.05, 0.1) is 17.3 Å². The molecule has 126 valence electrons. The molecule has 0 radical (unpaired) electrons. The standard InChI is InChI=1S/C16H12F4N2O2/c1-9-2-5-14(23)10(6-9)8-21-22-15(24)12-4-3-11(7-13(12)17)16(18,19)20/h2-8,23H,1H3,(H,22,24)/b21-8+. The summed E-state index contributed by atoms with van der Waals surface area (Å²) in [4.78, 5) is 11.8. The van der Waals surface area contributed by atoms with Crippen LogP contribution in [0.15, 0.2) is 41.5 Å². The van der Waals surface area contributed by atoms with Gasteiger partial charge in [0.2, 0.25) is 0 Å². The normalized spacial score (nSPS) is 11.7. The molecule has 0 heterocycles. The van der Waals surface area contributed by atoms with Gasteiger partial charge in [0, 0.05) is 5.56 Å². The Hall–Kier alpha value is -2.90. The lowest BCUT2D eigenvalue weighted by molar-refractivity contribution is -0.137. The Kier molecular flexibility index (Phi) is 4.87. The summed E-state index contributed by atoms with van der Waals surface area (Å²) in [7, 11) is 0. The summed E-state index contributed by atoms with van der Waals surface area (Å²) >= 11 is 0. The highest BCUT2D eigenvalue weighted by atomic mass is 19.4. The number of nitrogens with zero attached hydrogens (tertiary/aromatic N) is 1. The Balaban J connectivity index is 2.13. The molecule has 0 saturated carbocycles. The van der Waals surface area contributed by atoms with Gasteiger partial charge in [0.15, 0.2) is 0 Å². The number of aromatic hydroxyl groups is 1. The zero-order valence-electron chi connectivity index (χ0n) is 12.4. The molecule has 1 amide bonds. The molecule has 2 aromatic rings. The first-order valence-electron chi connectivity index (χ1n) is 6.68. The lowest BCUT2D eigenvalue weighted by Gasteiger charge is -2.08. The Bertz CT molecular complexity index is 801. The summed E-state index contributed by atoms with van der Waals surface area (Å²) in [6, 6.07) is 6.28. The van der Waals surface area contributed by atoms with Crippen molar-refractivity contribution >= 4 is 12.1 Å². The van der Waals surface area contributed by atoms with Gasteiger partial charge in [0.25, 0.3) is 5.91 Å². The SMILES string of the molecule is Cc1ccc(O)c(/C=N/NC(=O)c2ccc(C(F)(F)F)cc2F)c1. The van der Waals surface area contributed by atoms with Gasteiger partial charge in [-0.3, -0.25) is 4.79 Å². The number of phenols is 1. The molecule has 0 spiro atoms. The molecule has 2 N–H and O–H groups in total. The minimum Gasteiger partial charge on any atom is -0.507 e. The van der Waals surface area contributed by atoms with Gasteiger partial charge in [-0.15, -0.1) is 0 Å². The maximum atomic E-state index is 13.6. The van der Waals surface area contributed by atoms with E-state index in [0.29, 0.717) is 11.6 Å². The number of carbonyl (C=O) groups excluding carboxylic acids is 1. The lowest BCUT2D eigenvalue weighted by atomic mass is 10.1. The Morgan fingerprint density at radius 3 is 2.54 bits per heavy atom. The number of phenolic OH excluding ortho intramolecular Hbond substituents is 1. The lowest BCUT2D eigenvalue weighted by Crippen LogP contribution is -2.19. The Labute approximate surface area is 134 Å². The van der Waals surface area contributed by atoms with Crippen LogP contribution in [-0.4, -0.2) is 17.2 Å². The second kappa shape index (κ2) is 6.69. The minimum absolute atomic E-state index is 0.0701. The number of alkyl halides is 3. The number of benzene rings is 2. The van der Waals surface area contributed by atoms with Gasteiger partial charge in [-0.2, -0.15) is 18.3 Å². The topological polar surface area (TPSA) is 61.7 Å². The van der Waals surface area contributed by atoms with Crippen LogP contribution in [0.1, 0.15) is 27.0 Å². The van der Waals surface area contributed by atoms with E-state index in [0.717, 1.165) is 17.8 Å². The van der Waals surface area contributed by atoms with Crippen molar-refractivity contribution in [2.45, 2.75) is 13.1 Å². The molecule has 0 bridgehead atoms. The third-order valence-electron chi connectivity index (χ3n) is 3.09. The van der Waals surface area contributed by atoms with Crippen molar-refractivity contribution in [3.8, 4) is 5.75 Å². The molecule has 0 fully saturated rings. The fourth-order valence-electron chi connectivity index (χ4n) is 1.87. The molecule has 2 aromatic carbocycles. The zero-order chi connectivity index (χ0) is 17.9. The molecule has 24 heavy (non-hydrogen) atoms. The predicted octanol–water partition coefficient (Wildman–Crippen LogP) is 3.62. The molecule has 0 saturated heterocycles. The van der Waals surface area contributed by atoms with Crippen LogP contribution in [0, 0.1) is 12.7 Å². The summed E-state index contributed by atoms with van der Waals surface area (Å²) in [6.45, 7) is 1.78. The second-order valence-corrected chi connectivity index (χ2v) is 4.95. The molecule has 8 heteroatoms. The molecule has 4 nitrogen and oxygen atoms in total. The van der Waals surface area contributed by atoms with Crippen LogP contribution >= 0.6 is 0 Å². The van der Waals surface area contributed by atoms with Crippen molar-refractivity contribution in [2.75, 3.05) is 0 Å². The molecule has 0 aliphatic heterocycles. The predicted molar refractivity (Wildman–Crippen MR) is 79.3 cm³/mol. The first-order chi connectivity index (χ1) is 11.2. The van der Waals surface area contributed by atoms with Crippen molar-refractivity contribution in [3.63, 3.8) is 0 Å². The number of hydrogen-bond donors (Lipinski definition) is 2. The molecule has 2 rings (SSSR count). The van der Waals surface area contributed by atoms with Gasteiger partial charge in [-0.1, -0.05) is 11.6 Å². The van der Waals surface area contributed by atoms with Crippen molar-refractivity contribution in [3.05, 3.63) is 64.5 Å². The average Bonchev–Trinajstić information content (AvgIpc) is 2.49. The third-order valence-corrected chi connectivity index (χ3v) is 3.09. The molecule has 0 atom stereocenters. The van der Waals surface area contributed by atoms with Crippen LogP contribution in [-0.2, 0) is 6.18 Å². The quantitative estimate of drug-likeness (QED) is 0.509. The van der Waals surface area contributed by atoms with Crippen molar-refractivity contribution < 1.29 is 27.5 Å². The number of amides is 1. The molecular weight excluding hydrogens is 328 g/mol. The van der Waals surface area contributed by atoms with E-state index in [2.05, 4.69) is 5.10 Å². The van der Waals surface area contributed by atoms with Gasteiger partial charge < -0.3 is 5.11 Å². The van der Waals surface area contributed by atoms with E-state index in [9.17, 15) is 27.5 Å². The summed E-state index contributed by atoms with van der Waals surface area (Å²) < 4.78 is 51.0. The highest BCUT2D eigenvalue weighted by Crippen LogP contribution is 2.30. The number of nitrogens with one attached hydrogen (secondary N) is 1. The van der Waals surface area contributed by atoms with Crippen molar-refractivity contribution in [1.29, 1.82) is 0 Å². The van der Waals surface area contributed by atoms with E-state index in [1.54, 1.807) is 19.1 Å². The average molecular weight is 340 g/mol. The van der Waals surface area contributed by atoms with E-state index < -0.39 is 29.0 Å². The minimum atomic E-state index is -4.70. The van der Waals surface area contributed by atoms with E-state index in [-0.39, 0.29) is 11.8 Å². The monoisotopic (exact) mass is 340 g/mol. The van der Waals surface area contributed by atoms with E-state index in [1.165, 1.54) is 6.07 Å². The second-order valence-electron chi connectivity index (χ2n) is 4.95. The number of hydrogen-bond acceptors (Lipinski definition) is 3. The van der Waals surface area contributed by atoms with Crippen molar-refractivity contribution in [2.24, 2.45) is 5.10 Å². The fourth-order valence-corrected chi connectivity index (χ4v) is 1.87. The van der Waals surface area contributed by atoms with Crippen molar-refractivity contribution in [1.82, 2.24) is 5.43 Å². The van der Waals surface area contributed by atoms with Crippen LogP contribution < -0.4 is 5.43 Å². The number of carbonyl (C=O) groups is 1. The van der Waals surface area contributed by atoms with Gasteiger partial charge in [0.1, 0.15) is 11.6 Å². The summed E-state index contributed by atoms with van der Waals surface area (Å²) in [5.41, 5.74) is 1.39. The highest BCUT2D eigenvalue weighted by molar-refractivity contribution is 5.95. The molecule has 0 aliphatic rings. The summed E-state index contributed by atoms with van der Waals surface area (Å²) in [5.74, 6) is -2.39. The smallest absolute Gasteiger partial charge is 0.416 e. The number of aryl methyl sites for hydroxylation is 1. The molecular formula is C16H12F4N2O2. The van der Waals surface area contributed by atoms with Crippen LogP contribution in [0.2, 0.25) is 0 Å². The number of rotatable bonds is 3. The fraction of sp³-hybridized carbons (Fsp3) is 0.125. The van der Waals surface area contributed by atoms with Crippen LogP contribution in [0.5, 0.6) is 5.75 Å². The first-order valence-corrected chi connectivity index (χ1v) is 6.68. The van der Waals surface area contributed by atoms with Crippen LogP contribution in [0.4, 0.5) is 17.6 Å². The maximum Gasteiger partial charge on any atom is 0.416 e. The summed E-state index contributed by atoms with van der Waals surface area (Å²) in [6.07, 6.45) is -3.56. The van der Waals surface area contributed by atoms with Crippen LogP contribution in [0.25, 0.3) is 0 Å². The summed E-state index contributed by atoms with van der Waals surface area (Å²) in [5, 5.41) is 13.2. The van der Waals surface area contributed by atoms with Gasteiger partial charge in [-0.25, -0.2) is 9.82 Å². The molecule has 0 aliphatic carbocycles. The van der Waals surface area contributed by atoms with Gasteiger partial charge in [-0.05, 0) is 37.3 Å². The molecule has 0 aromatic heterocycles. The van der Waals surface area contributed by atoms with Crippen LogP contribution in [0.3, 0.4) is 0 Å². The van der Waals surface area contributed by atoms with E-state index in [4.69, 9.17) is 0 Å². The number of hydrazone groups is 1. The third kappa shape index (κ3) is 4.09.